The molecule has 1 aliphatic heterocycles. The summed E-state index contributed by atoms with van der Waals surface area (Å²) in [5, 5.41) is 7.59. The number of carbonyl (C=O) groups is 1. The van der Waals surface area contributed by atoms with Crippen molar-refractivity contribution >= 4 is 22.5 Å². The molecule has 176 valence electrons. The molecule has 1 aromatic heterocycles. The lowest BCUT2D eigenvalue weighted by atomic mass is 10.0. The Morgan fingerprint density at radius 1 is 1.33 bits per heavy atom. The average molecular weight is 450 g/mol. The SMILES string of the molecule is Cc1c(NC(=O)C2=CCC(OCC3CCOC3)C=C2)ccc2cc(CNCC(C)C)cnc12. The van der Waals surface area contributed by atoms with E-state index in [-0.39, 0.29) is 12.0 Å². The molecular weight excluding hydrogens is 414 g/mol. The predicted molar refractivity (Wildman–Crippen MR) is 132 cm³/mol. The van der Waals surface area contributed by atoms with Crippen molar-refractivity contribution in [1.29, 1.82) is 0 Å². The van der Waals surface area contributed by atoms with E-state index in [1.807, 2.05) is 43.5 Å². The van der Waals surface area contributed by atoms with Crippen LogP contribution in [-0.2, 0) is 20.8 Å². The summed E-state index contributed by atoms with van der Waals surface area (Å²) in [6.07, 6.45) is 9.51. The van der Waals surface area contributed by atoms with Gasteiger partial charge in [0.25, 0.3) is 5.91 Å². The number of ether oxygens (including phenoxy) is 2. The number of carbonyl (C=O) groups excluding carboxylic acids is 1. The monoisotopic (exact) mass is 449 g/mol. The second-order valence-electron chi connectivity index (χ2n) is 9.49. The van der Waals surface area contributed by atoms with Crippen molar-refractivity contribution in [3.63, 3.8) is 0 Å². The summed E-state index contributed by atoms with van der Waals surface area (Å²) in [6, 6.07) is 6.16. The van der Waals surface area contributed by atoms with E-state index in [1.54, 1.807) is 0 Å². The molecular formula is C27H35N3O3. The highest BCUT2D eigenvalue weighted by Gasteiger charge is 2.19. The van der Waals surface area contributed by atoms with E-state index in [9.17, 15) is 4.79 Å². The topological polar surface area (TPSA) is 72.5 Å². The normalized spacial score (nSPS) is 20.4. The van der Waals surface area contributed by atoms with E-state index in [1.165, 1.54) is 0 Å². The summed E-state index contributed by atoms with van der Waals surface area (Å²) in [6.45, 7) is 10.5. The highest BCUT2D eigenvalue weighted by Crippen LogP contribution is 2.26. The van der Waals surface area contributed by atoms with Crippen LogP contribution in [0.3, 0.4) is 0 Å². The first kappa shape index (κ1) is 23.6. The van der Waals surface area contributed by atoms with Crippen LogP contribution in [0.4, 0.5) is 5.69 Å². The molecule has 0 bridgehead atoms. The van der Waals surface area contributed by atoms with Crippen LogP contribution in [0, 0.1) is 18.8 Å². The van der Waals surface area contributed by atoms with E-state index in [0.29, 0.717) is 30.4 Å². The number of benzene rings is 1. The maximum atomic E-state index is 12.8. The fourth-order valence-electron chi connectivity index (χ4n) is 4.19. The number of fused-ring (bicyclic) bond motifs is 1. The van der Waals surface area contributed by atoms with Gasteiger partial charge in [-0.2, -0.15) is 0 Å². The molecule has 2 heterocycles. The molecule has 1 saturated heterocycles. The molecule has 2 aromatic rings. The standard InChI is InChI=1S/C27H35N3O3/c1-18(2)13-28-14-21-12-23-6-9-25(19(3)26(23)29-15-21)30-27(31)22-4-7-24(8-5-22)33-17-20-10-11-32-16-20/h4-7,9,12,15,18,20,24,28H,8,10-11,13-14,16-17H2,1-3H3,(H,30,31). The molecule has 1 fully saturated rings. The Labute approximate surface area is 196 Å². The van der Waals surface area contributed by atoms with Gasteiger partial charge in [0.2, 0.25) is 0 Å². The molecule has 1 amide bonds. The summed E-state index contributed by atoms with van der Waals surface area (Å²) < 4.78 is 11.4. The number of nitrogens with one attached hydrogen (secondary N) is 2. The summed E-state index contributed by atoms with van der Waals surface area (Å²) >= 11 is 0. The van der Waals surface area contributed by atoms with Crippen LogP contribution in [0.15, 0.2) is 48.2 Å². The molecule has 2 unspecified atom stereocenters. The lowest BCUT2D eigenvalue weighted by molar-refractivity contribution is -0.112. The second-order valence-corrected chi connectivity index (χ2v) is 9.49. The van der Waals surface area contributed by atoms with Crippen LogP contribution in [0.2, 0.25) is 0 Å². The summed E-state index contributed by atoms with van der Waals surface area (Å²) in [5.41, 5.74) is 4.51. The fraction of sp³-hybridized carbons (Fsp3) is 0.481. The summed E-state index contributed by atoms with van der Waals surface area (Å²) in [4.78, 5) is 17.5. The first-order chi connectivity index (χ1) is 16.0. The lowest BCUT2D eigenvalue weighted by Gasteiger charge is -2.19. The molecule has 1 aromatic carbocycles. The molecule has 4 rings (SSSR count). The average Bonchev–Trinajstić information content (AvgIpc) is 3.33. The number of pyridine rings is 1. The van der Waals surface area contributed by atoms with Crippen molar-refractivity contribution < 1.29 is 14.3 Å². The van der Waals surface area contributed by atoms with Gasteiger partial charge >= 0.3 is 0 Å². The third kappa shape index (κ3) is 6.28. The highest BCUT2D eigenvalue weighted by atomic mass is 16.5. The molecule has 2 aliphatic rings. The molecule has 2 N–H and O–H groups in total. The Hall–Kier alpha value is -2.54. The van der Waals surface area contributed by atoms with Crippen molar-refractivity contribution in [1.82, 2.24) is 10.3 Å². The Balaban J connectivity index is 1.34. The van der Waals surface area contributed by atoms with Crippen LogP contribution in [0.1, 0.15) is 37.8 Å². The first-order valence-electron chi connectivity index (χ1n) is 12.0. The lowest BCUT2D eigenvalue weighted by Crippen LogP contribution is -2.21. The van der Waals surface area contributed by atoms with Crippen LogP contribution in [0.25, 0.3) is 10.9 Å². The van der Waals surface area contributed by atoms with Gasteiger partial charge in [0, 0.05) is 41.9 Å². The number of amides is 1. The Morgan fingerprint density at radius 2 is 2.21 bits per heavy atom. The smallest absolute Gasteiger partial charge is 0.255 e. The van der Waals surface area contributed by atoms with Crippen molar-refractivity contribution in [2.24, 2.45) is 11.8 Å². The summed E-state index contributed by atoms with van der Waals surface area (Å²) in [7, 11) is 0. The third-order valence-corrected chi connectivity index (χ3v) is 6.19. The van der Waals surface area contributed by atoms with Gasteiger partial charge in [0.1, 0.15) is 0 Å². The van der Waals surface area contributed by atoms with Gasteiger partial charge in [-0.05, 0) is 55.5 Å². The van der Waals surface area contributed by atoms with E-state index < -0.39 is 0 Å². The minimum absolute atomic E-state index is 0.0259. The van der Waals surface area contributed by atoms with Gasteiger partial charge in [-0.3, -0.25) is 9.78 Å². The number of aryl methyl sites for hydroxylation is 1. The zero-order valence-corrected chi connectivity index (χ0v) is 19.9. The molecule has 33 heavy (non-hydrogen) atoms. The van der Waals surface area contributed by atoms with Crippen molar-refractivity contribution in [2.45, 2.75) is 46.3 Å². The third-order valence-electron chi connectivity index (χ3n) is 6.19. The summed E-state index contributed by atoms with van der Waals surface area (Å²) in [5.74, 6) is 1.00. The van der Waals surface area contributed by atoms with Crippen molar-refractivity contribution in [2.75, 3.05) is 31.7 Å². The number of rotatable bonds is 9. The molecule has 0 radical (unpaired) electrons. The van der Waals surface area contributed by atoms with Crippen LogP contribution in [-0.4, -0.2) is 43.4 Å². The number of nitrogens with zero attached hydrogens (tertiary/aromatic N) is 1. The van der Waals surface area contributed by atoms with Gasteiger partial charge in [-0.1, -0.05) is 38.1 Å². The number of hydrogen-bond acceptors (Lipinski definition) is 5. The van der Waals surface area contributed by atoms with Crippen LogP contribution >= 0.6 is 0 Å². The Kier molecular flexibility index (Phi) is 7.91. The zero-order valence-electron chi connectivity index (χ0n) is 19.9. The van der Waals surface area contributed by atoms with Crippen LogP contribution < -0.4 is 10.6 Å². The minimum Gasteiger partial charge on any atom is -0.381 e. The van der Waals surface area contributed by atoms with E-state index in [4.69, 9.17) is 9.47 Å². The number of aromatic nitrogens is 1. The quantitative estimate of drug-likeness (QED) is 0.588. The van der Waals surface area contributed by atoms with E-state index in [0.717, 1.165) is 60.4 Å². The largest absolute Gasteiger partial charge is 0.381 e. The second kappa shape index (κ2) is 11.1. The molecule has 2 atom stereocenters. The number of anilines is 1. The van der Waals surface area contributed by atoms with E-state index >= 15 is 0 Å². The molecule has 6 nitrogen and oxygen atoms in total. The van der Waals surface area contributed by atoms with Gasteiger partial charge in [0.05, 0.1) is 24.8 Å². The first-order valence-corrected chi connectivity index (χ1v) is 12.0. The Bertz CT molecular complexity index is 1040. The fourth-order valence-corrected chi connectivity index (χ4v) is 4.19. The van der Waals surface area contributed by atoms with Gasteiger partial charge < -0.3 is 20.1 Å². The number of hydrogen-bond donors (Lipinski definition) is 2. The molecule has 1 aliphatic carbocycles. The zero-order chi connectivity index (χ0) is 23.2. The highest BCUT2D eigenvalue weighted by molar-refractivity contribution is 6.07. The Morgan fingerprint density at radius 3 is 2.94 bits per heavy atom. The van der Waals surface area contributed by atoms with Gasteiger partial charge in [0.15, 0.2) is 0 Å². The minimum atomic E-state index is -0.106. The molecule has 0 spiro atoms. The van der Waals surface area contributed by atoms with Crippen molar-refractivity contribution in [3.8, 4) is 0 Å². The molecule has 6 heteroatoms. The van der Waals surface area contributed by atoms with Gasteiger partial charge in [-0.25, -0.2) is 0 Å². The van der Waals surface area contributed by atoms with E-state index in [2.05, 4.69) is 35.5 Å². The maximum absolute atomic E-state index is 12.8. The van der Waals surface area contributed by atoms with Gasteiger partial charge in [-0.15, -0.1) is 0 Å². The predicted octanol–water partition coefficient (Wildman–Crippen LogP) is 4.54. The maximum Gasteiger partial charge on any atom is 0.255 e. The van der Waals surface area contributed by atoms with Crippen molar-refractivity contribution in [3.05, 3.63) is 59.3 Å². The molecule has 0 saturated carbocycles. The van der Waals surface area contributed by atoms with Crippen LogP contribution in [0.5, 0.6) is 0 Å².